The SMILES string of the molecule is Cc1ccc(NS(=O)(=O)c2cc(C(=O)Nc3ccc(F)c(F)c3)ccc2Cl)cc1. The number of halogens is 3. The minimum Gasteiger partial charge on any atom is -0.322 e. The molecule has 5 nitrogen and oxygen atoms in total. The molecular formula is C20H15ClF2N2O3S. The molecule has 0 saturated heterocycles. The molecule has 0 fully saturated rings. The molecule has 0 aromatic heterocycles. The van der Waals surface area contributed by atoms with Crippen molar-refractivity contribution >= 4 is 38.9 Å². The fraction of sp³-hybridized carbons (Fsp3) is 0.0500. The van der Waals surface area contributed by atoms with Gasteiger partial charge in [-0.05, 0) is 49.4 Å². The van der Waals surface area contributed by atoms with E-state index < -0.39 is 27.6 Å². The van der Waals surface area contributed by atoms with E-state index in [9.17, 15) is 22.0 Å². The van der Waals surface area contributed by atoms with Gasteiger partial charge in [-0.15, -0.1) is 0 Å². The summed E-state index contributed by atoms with van der Waals surface area (Å²) in [5.74, 6) is -2.88. The molecule has 0 atom stereocenters. The number of aryl methyl sites for hydroxylation is 1. The number of carbonyl (C=O) groups excluding carboxylic acids is 1. The highest BCUT2D eigenvalue weighted by molar-refractivity contribution is 7.92. The van der Waals surface area contributed by atoms with Crippen molar-refractivity contribution in [2.24, 2.45) is 0 Å². The van der Waals surface area contributed by atoms with Gasteiger partial charge in [-0.2, -0.15) is 0 Å². The maximum atomic E-state index is 13.3. The van der Waals surface area contributed by atoms with Crippen LogP contribution < -0.4 is 10.0 Å². The van der Waals surface area contributed by atoms with E-state index in [2.05, 4.69) is 10.0 Å². The molecule has 3 aromatic rings. The molecule has 0 bridgehead atoms. The fourth-order valence-corrected chi connectivity index (χ4v) is 4.04. The molecule has 0 unspecified atom stereocenters. The molecule has 150 valence electrons. The molecule has 9 heteroatoms. The molecule has 3 aromatic carbocycles. The average Bonchev–Trinajstić information content (AvgIpc) is 2.66. The van der Waals surface area contributed by atoms with Crippen molar-refractivity contribution in [3.05, 3.63) is 88.4 Å². The molecule has 0 radical (unpaired) electrons. The first-order chi connectivity index (χ1) is 13.7. The second kappa shape index (κ2) is 8.18. The average molecular weight is 437 g/mol. The number of amides is 1. The lowest BCUT2D eigenvalue weighted by Gasteiger charge is -2.12. The van der Waals surface area contributed by atoms with Crippen molar-refractivity contribution in [3.63, 3.8) is 0 Å². The normalized spacial score (nSPS) is 11.2. The first-order valence-electron chi connectivity index (χ1n) is 8.31. The number of benzene rings is 3. The number of hydrogen-bond acceptors (Lipinski definition) is 3. The van der Waals surface area contributed by atoms with E-state index in [1.54, 1.807) is 24.3 Å². The molecule has 0 heterocycles. The number of nitrogens with one attached hydrogen (secondary N) is 2. The standard InChI is InChI=1S/C20H15ClF2N2O3S/c1-12-2-5-14(6-3-12)25-29(27,28)19-10-13(4-8-16(19)21)20(26)24-15-7-9-17(22)18(23)11-15/h2-11,25H,1H3,(H,24,26). The first-order valence-corrected chi connectivity index (χ1v) is 10.2. The summed E-state index contributed by atoms with van der Waals surface area (Å²) in [6.07, 6.45) is 0. The van der Waals surface area contributed by atoms with E-state index in [4.69, 9.17) is 11.6 Å². The van der Waals surface area contributed by atoms with Crippen molar-refractivity contribution in [3.8, 4) is 0 Å². The Labute approximate surface area is 171 Å². The van der Waals surface area contributed by atoms with Crippen molar-refractivity contribution in [1.29, 1.82) is 0 Å². The van der Waals surface area contributed by atoms with Gasteiger partial charge in [0.2, 0.25) is 0 Å². The third-order valence-electron chi connectivity index (χ3n) is 3.96. The zero-order valence-electron chi connectivity index (χ0n) is 15.0. The predicted octanol–water partition coefficient (Wildman–Crippen LogP) is 4.98. The smallest absolute Gasteiger partial charge is 0.263 e. The lowest BCUT2D eigenvalue weighted by molar-refractivity contribution is 0.102. The Morgan fingerprint density at radius 3 is 2.21 bits per heavy atom. The van der Waals surface area contributed by atoms with Gasteiger partial charge in [0.05, 0.1) is 5.02 Å². The summed E-state index contributed by atoms with van der Waals surface area (Å²) >= 11 is 6.03. The van der Waals surface area contributed by atoms with Gasteiger partial charge in [-0.3, -0.25) is 9.52 Å². The minimum atomic E-state index is -4.07. The monoisotopic (exact) mass is 436 g/mol. The van der Waals surface area contributed by atoms with Crippen molar-refractivity contribution in [1.82, 2.24) is 0 Å². The largest absolute Gasteiger partial charge is 0.322 e. The van der Waals surface area contributed by atoms with Gasteiger partial charge < -0.3 is 5.32 Å². The second-order valence-electron chi connectivity index (χ2n) is 6.20. The van der Waals surface area contributed by atoms with Gasteiger partial charge >= 0.3 is 0 Å². The Kier molecular flexibility index (Phi) is 5.86. The topological polar surface area (TPSA) is 75.3 Å². The van der Waals surface area contributed by atoms with Crippen LogP contribution in [-0.4, -0.2) is 14.3 Å². The third-order valence-corrected chi connectivity index (χ3v) is 5.83. The summed E-state index contributed by atoms with van der Waals surface area (Å²) in [5, 5.41) is 2.30. The van der Waals surface area contributed by atoms with E-state index in [-0.39, 0.29) is 21.2 Å². The summed E-state index contributed by atoms with van der Waals surface area (Å²) in [7, 11) is -4.07. The van der Waals surface area contributed by atoms with E-state index >= 15 is 0 Å². The number of hydrogen-bond donors (Lipinski definition) is 2. The van der Waals surface area contributed by atoms with Crippen molar-refractivity contribution in [2.75, 3.05) is 10.0 Å². The second-order valence-corrected chi connectivity index (χ2v) is 8.26. The lowest BCUT2D eigenvalue weighted by Crippen LogP contribution is -2.16. The van der Waals surface area contributed by atoms with Crippen LogP contribution in [0, 0.1) is 18.6 Å². The van der Waals surface area contributed by atoms with Gasteiger partial charge in [0.25, 0.3) is 15.9 Å². The van der Waals surface area contributed by atoms with Crippen LogP contribution in [0.5, 0.6) is 0 Å². The molecule has 3 rings (SSSR count). The van der Waals surface area contributed by atoms with E-state index in [1.807, 2.05) is 6.92 Å². The highest BCUT2D eigenvalue weighted by atomic mass is 35.5. The van der Waals surface area contributed by atoms with Crippen LogP contribution in [0.1, 0.15) is 15.9 Å². The van der Waals surface area contributed by atoms with Gasteiger partial charge in [0.1, 0.15) is 4.90 Å². The van der Waals surface area contributed by atoms with Crippen LogP contribution in [0.2, 0.25) is 5.02 Å². The number of anilines is 2. The molecular weight excluding hydrogens is 422 g/mol. The zero-order chi connectivity index (χ0) is 21.2. The van der Waals surface area contributed by atoms with Crippen molar-refractivity contribution < 1.29 is 22.0 Å². The fourth-order valence-electron chi connectivity index (χ4n) is 2.46. The molecule has 0 spiro atoms. The Bertz CT molecular complexity index is 1180. The van der Waals surface area contributed by atoms with Crippen LogP contribution >= 0.6 is 11.6 Å². The molecule has 0 saturated carbocycles. The van der Waals surface area contributed by atoms with Crippen LogP contribution in [0.3, 0.4) is 0 Å². The van der Waals surface area contributed by atoms with Gasteiger partial charge in [-0.1, -0.05) is 29.3 Å². The lowest BCUT2D eigenvalue weighted by atomic mass is 10.2. The maximum Gasteiger partial charge on any atom is 0.263 e. The van der Waals surface area contributed by atoms with Crippen LogP contribution in [0.25, 0.3) is 0 Å². The van der Waals surface area contributed by atoms with Gasteiger partial charge in [-0.25, -0.2) is 17.2 Å². The number of carbonyl (C=O) groups is 1. The Balaban J connectivity index is 1.87. The molecule has 2 N–H and O–H groups in total. The van der Waals surface area contributed by atoms with Crippen molar-refractivity contribution in [2.45, 2.75) is 11.8 Å². The Morgan fingerprint density at radius 2 is 1.55 bits per heavy atom. The van der Waals surface area contributed by atoms with Crippen LogP contribution in [-0.2, 0) is 10.0 Å². The highest BCUT2D eigenvalue weighted by Gasteiger charge is 2.21. The quantitative estimate of drug-likeness (QED) is 0.592. The first kappa shape index (κ1) is 20.8. The van der Waals surface area contributed by atoms with Crippen LogP contribution in [0.4, 0.5) is 20.2 Å². The zero-order valence-corrected chi connectivity index (χ0v) is 16.6. The Hall–Kier alpha value is -2.97. The van der Waals surface area contributed by atoms with Gasteiger partial charge in [0.15, 0.2) is 11.6 Å². The van der Waals surface area contributed by atoms with E-state index in [0.717, 1.165) is 23.8 Å². The maximum absolute atomic E-state index is 13.3. The van der Waals surface area contributed by atoms with E-state index in [0.29, 0.717) is 5.69 Å². The summed E-state index contributed by atoms with van der Waals surface area (Å²) in [6.45, 7) is 1.87. The summed E-state index contributed by atoms with van der Waals surface area (Å²) in [5.41, 5.74) is 1.29. The third kappa shape index (κ3) is 4.90. The minimum absolute atomic E-state index is 0.0195. The summed E-state index contributed by atoms with van der Waals surface area (Å²) < 4.78 is 54.1. The number of sulfonamides is 1. The molecule has 1 amide bonds. The molecule has 29 heavy (non-hydrogen) atoms. The summed E-state index contributed by atoms with van der Waals surface area (Å²) in [4.78, 5) is 12.1. The predicted molar refractivity (Wildman–Crippen MR) is 108 cm³/mol. The Morgan fingerprint density at radius 1 is 0.897 bits per heavy atom. The summed E-state index contributed by atoms with van der Waals surface area (Å²) in [6, 6.07) is 13.2. The molecule has 0 aliphatic carbocycles. The number of rotatable bonds is 5. The molecule has 0 aliphatic rings. The van der Waals surface area contributed by atoms with E-state index in [1.165, 1.54) is 18.2 Å². The molecule has 0 aliphatic heterocycles. The van der Waals surface area contributed by atoms with Gasteiger partial charge in [0, 0.05) is 23.0 Å². The highest BCUT2D eigenvalue weighted by Crippen LogP contribution is 2.26. The van der Waals surface area contributed by atoms with Crippen LogP contribution in [0.15, 0.2) is 65.6 Å².